The molecule has 164 valence electrons. The summed E-state index contributed by atoms with van der Waals surface area (Å²) in [5, 5.41) is 9.81. The molecule has 0 radical (unpaired) electrons. The Balaban J connectivity index is 1.54. The van der Waals surface area contributed by atoms with Crippen molar-refractivity contribution in [3.8, 4) is 17.2 Å². The lowest BCUT2D eigenvalue weighted by Gasteiger charge is -2.28. The minimum absolute atomic E-state index is 0.0409. The zero-order valence-electron chi connectivity index (χ0n) is 17.4. The molecule has 0 aromatic heterocycles. The standard InChI is InChI=1S/C23H26N2O6/c1-28-23(27)21-20(18-7-4-16(26)14-19(18)31-22(21)24)15-2-5-17(6-3-15)30-13-10-25-8-11-29-12-9-25/h2-7,14,20,26H,8-13,24H2,1H3. The Bertz CT molecular complexity index is 967. The van der Waals surface area contributed by atoms with Gasteiger partial charge in [0.25, 0.3) is 0 Å². The fourth-order valence-corrected chi connectivity index (χ4v) is 3.87. The van der Waals surface area contributed by atoms with Gasteiger partial charge in [-0.15, -0.1) is 0 Å². The van der Waals surface area contributed by atoms with E-state index in [1.807, 2.05) is 24.3 Å². The molecule has 31 heavy (non-hydrogen) atoms. The highest BCUT2D eigenvalue weighted by molar-refractivity contribution is 5.92. The van der Waals surface area contributed by atoms with Gasteiger partial charge in [0, 0.05) is 31.3 Å². The molecule has 0 amide bonds. The van der Waals surface area contributed by atoms with Crippen molar-refractivity contribution in [1.82, 2.24) is 4.90 Å². The lowest BCUT2D eigenvalue weighted by molar-refractivity contribution is -0.136. The SMILES string of the molecule is COC(=O)C1=C(N)Oc2cc(O)ccc2C1c1ccc(OCCN2CCOCC2)cc1. The van der Waals surface area contributed by atoms with E-state index in [9.17, 15) is 9.90 Å². The van der Waals surface area contributed by atoms with Gasteiger partial charge in [-0.05, 0) is 23.8 Å². The molecule has 3 N–H and O–H groups in total. The number of ether oxygens (including phenoxy) is 4. The first-order valence-corrected chi connectivity index (χ1v) is 10.2. The number of phenolic OH excluding ortho intramolecular Hbond substituents is 1. The molecule has 2 heterocycles. The molecule has 1 saturated heterocycles. The molecule has 0 aliphatic carbocycles. The van der Waals surface area contributed by atoms with Crippen LogP contribution in [0.1, 0.15) is 17.0 Å². The maximum atomic E-state index is 12.5. The van der Waals surface area contributed by atoms with Crippen molar-refractivity contribution in [2.45, 2.75) is 5.92 Å². The lowest BCUT2D eigenvalue weighted by Crippen LogP contribution is -2.38. The van der Waals surface area contributed by atoms with Crippen LogP contribution in [0.5, 0.6) is 17.2 Å². The fraction of sp³-hybridized carbons (Fsp3) is 0.348. The van der Waals surface area contributed by atoms with Crippen molar-refractivity contribution >= 4 is 5.97 Å². The van der Waals surface area contributed by atoms with Gasteiger partial charge in [0.2, 0.25) is 5.88 Å². The van der Waals surface area contributed by atoms with E-state index in [2.05, 4.69) is 4.90 Å². The first kappa shape index (κ1) is 21.0. The Kier molecular flexibility index (Phi) is 6.29. The predicted molar refractivity (Wildman–Crippen MR) is 113 cm³/mol. The summed E-state index contributed by atoms with van der Waals surface area (Å²) in [6, 6.07) is 12.3. The summed E-state index contributed by atoms with van der Waals surface area (Å²) < 4.78 is 21.8. The van der Waals surface area contributed by atoms with Gasteiger partial charge in [0.1, 0.15) is 29.4 Å². The van der Waals surface area contributed by atoms with E-state index < -0.39 is 11.9 Å². The number of rotatable bonds is 6. The van der Waals surface area contributed by atoms with Crippen LogP contribution in [-0.2, 0) is 14.3 Å². The van der Waals surface area contributed by atoms with Gasteiger partial charge in [-0.3, -0.25) is 4.90 Å². The molecule has 2 aromatic rings. The molecule has 1 unspecified atom stereocenters. The number of hydrogen-bond acceptors (Lipinski definition) is 8. The zero-order chi connectivity index (χ0) is 21.8. The molecular formula is C23H26N2O6. The van der Waals surface area contributed by atoms with E-state index in [-0.39, 0.29) is 17.2 Å². The van der Waals surface area contributed by atoms with Gasteiger partial charge < -0.3 is 29.8 Å². The first-order chi connectivity index (χ1) is 15.1. The van der Waals surface area contributed by atoms with E-state index in [0.717, 1.165) is 44.2 Å². The normalized spacial score (nSPS) is 18.8. The summed E-state index contributed by atoms with van der Waals surface area (Å²) in [5.41, 5.74) is 7.82. The maximum absolute atomic E-state index is 12.5. The minimum atomic E-state index is -0.563. The number of hydrogen-bond donors (Lipinski definition) is 2. The summed E-state index contributed by atoms with van der Waals surface area (Å²) in [5.74, 6) is 0.107. The third-order valence-corrected chi connectivity index (χ3v) is 5.48. The topological polar surface area (TPSA) is 103 Å². The number of esters is 1. The molecule has 2 aromatic carbocycles. The summed E-state index contributed by atoms with van der Waals surface area (Å²) in [4.78, 5) is 14.8. The first-order valence-electron chi connectivity index (χ1n) is 10.2. The van der Waals surface area contributed by atoms with Gasteiger partial charge in [-0.25, -0.2) is 4.79 Å². The monoisotopic (exact) mass is 426 g/mol. The number of fused-ring (bicyclic) bond motifs is 1. The molecular weight excluding hydrogens is 400 g/mol. The van der Waals surface area contributed by atoms with Crippen LogP contribution >= 0.6 is 0 Å². The zero-order valence-corrected chi connectivity index (χ0v) is 17.4. The van der Waals surface area contributed by atoms with Crippen LogP contribution in [0.4, 0.5) is 0 Å². The van der Waals surface area contributed by atoms with Crippen LogP contribution in [0.15, 0.2) is 53.9 Å². The fourth-order valence-electron chi connectivity index (χ4n) is 3.87. The minimum Gasteiger partial charge on any atom is -0.508 e. The van der Waals surface area contributed by atoms with Crippen molar-refractivity contribution in [3.63, 3.8) is 0 Å². The number of methoxy groups -OCH3 is 1. The van der Waals surface area contributed by atoms with Crippen LogP contribution < -0.4 is 15.2 Å². The summed E-state index contributed by atoms with van der Waals surface area (Å²) in [7, 11) is 1.30. The van der Waals surface area contributed by atoms with Crippen molar-refractivity contribution in [1.29, 1.82) is 0 Å². The second-order valence-electron chi connectivity index (χ2n) is 7.40. The Labute approximate surface area is 180 Å². The highest BCUT2D eigenvalue weighted by Gasteiger charge is 2.35. The van der Waals surface area contributed by atoms with Crippen LogP contribution in [-0.4, -0.2) is 62.5 Å². The number of morpholine rings is 1. The molecule has 8 heteroatoms. The van der Waals surface area contributed by atoms with Crippen LogP contribution in [0.25, 0.3) is 0 Å². The van der Waals surface area contributed by atoms with Gasteiger partial charge in [-0.1, -0.05) is 18.2 Å². The van der Waals surface area contributed by atoms with E-state index in [1.54, 1.807) is 12.1 Å². The quantitative estimate of drug-likeness (QED) is 0.676. The number of carbonyl (C=O) groups is 1. The van der Waals surface area contributed by atoms with Gasteiger partial charge >= 0.3 is 5.97 Å². The predicted octanol–water partition coefficient (Wildman–Crippen LogP) is 1.97. The van der Waals surface area contributed by atoms with Gasteiger partial charge in [0.05, 0.1) is 26.2 Å². The number of benzene rings is 2. The second kappa shape index (κ2) is 9.28. The molecule has 2 aliphatic heterocycles. The van der Waals surface area contributed by atoms with Crippen LogP contribution in [0.3, 0.4) is 0 Å². The average Bonchev–Trinajstić information content (AvgIpc) is 2.79. The molecule has 8 nitrogen and oxygen atoms in total. The Hall–Kier alpha value is -3.23. The Morgan fingerprint density at radius 1 is 1.19 bits per heavy atom. The average molecular weight is 426 g/mol. The Morgan fingerprint density at radius 3 is 2.65 bits per heavy atom. The largest absolute Gasteiger partial charge is 0.508 e. The third-order valence-electron chi connectivity index (χ3n) is 5.48. The van der Waals surface area contributed by atoms with Gasteiger partial charge in [0.15, 0.2) is 0 Å². The molecule has 1 fully saturated rings. The highest BCUT2D eigenvalue weighted by Crippen LogP contribution is 2.44. The van der Waals surface area contributed by atoms with E-state index in [1.165, 1.54) is 13.2 Å². The molecule has 0 saturated carbocycles. The molecule has 0 spiro atoms. The van der Waals surface area contributed by atoms with Crippen molar-refractivity contribution in [2.75, 3.05) is 46.6 Å². The van der Waals surface area contributed by atoms with Crippen LogP contribution in [0, 0.1) is 0 Å². The van der Waals surface area contributed by atoms with E-state index >= 15 is 0 Å². The number of nitrogens with zero attached hydrogens (tertiary/aromatic N) is 1. The number of carbonyl (C=O) groups excluding carboxylic acids is 1. The highest BCUT2D eigenvalue weighted by atomic mass is 16.5. The molecule has 1 atom stereocenters. The number of aromatic hydroxyl groups is 1. The smallest absolute Gasteiger partial charge is 0.340 e. The molecule has 2 aliphatic rings. The second-order valence-corrected chi connectivity index (χ2v) is 7.40. The molecule has 0 bridgehead atoms. The van der Waals surface area contributed by atoms with Crippen molar-refractivity contribution in [2.24, 2.45) is 5.73 Å². The van der Waals surface area contributed by atoms with Crippen molar-refractivity contribution in [3.05, 3.63) is 65.0 Å². The van der Waals surface area contributed by atoms with Crippen molar-refractivity contribution < 1.29 is 28.8 Å². The maximum Gasteiger partial charge on any atom is 0.340 e. The van der Waals surface area contributed by atoms with Gasteiger partial charge in [-0.2, -0.15) is 0 Å². The number of nitrogens with two attached hydrogens (primary N) is 1. The van der Waals surface area contributed by atoms with Crippen LogP contribution in [0.2, 0.25) is 0 Å². The third kappa shape index (κ3) is 4.60. The summed E-state index contributed by atoms with van der Waals surface area (Å²) in [6.45, 7) is 4.79. The Morgan fingerprint density at radius 2 is 1.94 bits per heavy atom. The number of phenols is 1. The molecule has 4 rings (SSSR count). The summed E-state index contributed by atoms with van der Waals surface area (Å²) >= 11 is 0. The summed E-state index contributed by atoms with van der Waals surface area (Å²) in [6.07, 6.45) is 0. The van der Waals surface area contributed by atoms with E-state index in [0.29, 0.717) is 17.9 Å². The lowest BCUT2D eigenvalue weighted by atomic mass is 9.83. The van der Waals surface area contributed by atoms with E-state index in [4.69, 9.17) is 24.7 Å².